The molecular formula is C8H14O4. The minimum absolute atomic E-state index is 0.228. The molecule has 70 valence electrons. The van der Waals surface area contributed by atoms with Crippen molar-refractivity contribution in [3.63, 3.8) is 0 Å². The molecule has 4 heteroatoms. The largest absolute Gasteiger partial charge is 0.481 e. The molecule has 12 heavy (non-hydrogen) atoms. The summed E-state index contributed by atoms with van der Waals surface area (Å²) in [6.45, 7) is 3.71. The van der Waals surface area contributed by atoms with Gasteiger partial charge in [0.1, 0.15) is 0 Å². The van der Waals surface area contributed by atoms with E-state index in [1.165, 1.54) is 0 Å². The van der Waals surface area contributed by atoms with Gasteiger partial charge in [0.25, 0.3) is 0 Å². The summed E-state index contributed by atoms with van der Waals surface area (Å²) in [5.74, 6) is -2.72. The molecule has 0 aliphatic rings. The standard InChI is InChI=1S/C8H14O4/c1-3-5-6(7(9)10)8(11)12-4-2/h6H,3-5H2,1-2H3,(H,9,10). The second-order valence-electron chi connectivity index (χ2n) is 2.43. The SMILES string of the molecule is CCCC(C(=O)O)C(=O)OCC. The summed E-state index contributed by atoms with van der Waals surface area (Å²) in [6.07, 6.45) is 1.00. The molecule has 0 saturated heterocycles. The Morgan fingerprint density at radius 1 is 1.42 bits per heavy atom. The van der Waals surface area contributed by atoms with Gasteiger partial charge in [-0.15, -0.1) is 0 Å². The summed E-state index contributed by atoms with van der Waals surface area (Å²) in [4.78, 5) is 21.5. The van der Waals surface area contributed by atoms with Gasteiger partial charge in [-0.3, -0.25) is 9.59 Å². The number of rotatable bonds is 5. The Morgan fingerprint density at radius 2 is 2.00 bits per heavy atom. The fourth-order valence-corrected chi connectivity index (χ4v) is 0.874. The minimum atomic E-state index is -1.10. The van der Waals surface area contributed by atoms with Gasteiger partial charge in [0.2, 0.25) is 0 Å². The van der Waals surface area contributed by atoms with E-state index < -0.39 is 17.9 Å². The van der Waals surface area contributed by atoms with Crippen molar-refractivity contribution in [2.24, 2.45) is 5.92 Å². The fourth-order valence-electron chi connectivity index (χ4n) is 0.874. The molecule has 0 fully saturated rings. The Kier molecular flexibility index (Phi) is 5.08. The maximum atomic E-state index is 11.0. The summed E-state index contributed by atoms with van der Waals surface area (Å²) in [7, 11) is 0. The van der Waals surface area contributed by atoms with Crippen molar-refractivity contribution in [2.45, 2.75) is 26.7 Å². The normalized spacial score (nSPS) is 12.2. The van der Waals surface area contributed by atoms with E-state index >= 15 is 0 Å². The molecule has 0 aromatic rings. The van der Waals surface area contributed by atoms with E-state index in [4.69, 9.17) is 5.11 Å². The molecule has 4 nitrogen and oxygen atoms in total. The summed E-state index contributed by atoms with van der Waals surface area (Å²) >= 11 is 0. The van der Waals surface area contributed by atoms with Crippen LogP contribution in [0.25, 0.3) is 0 Å². The average Bonchev–Trinajstić information content (AvgIpc) is 1.99. The predicted molar refractivity (Wildman–Crippen MR) is 42.7 cm³/mol. The molecule has 0 rings (SSSR count). The van der Waals surface area contributed by atoms with Gasteiger partial charge < -0.3 is 9.84 Å². The highest BCUT2D eigenvalue weighted by Gasteiger charge is 2.26. The molecule has 0 heterocycles. The van der Waals surface area contributed by atoms with E-state index in [0.717, 1.165) is 0 Å². The van der Waals surface area contributed by atoms with E-state index in [2.05, 4.69) is 4.74 Å². The molecule has 0 bridgehead atoms. The lowest BCUT2D eigenvalue weighted by molar-refractivity contribution is -0.158. The maximum Gasteiger partial charge on any atom is 0.320 e. The number of ether oxygens (including phenoxy) is 1. The first kappa shape index (κ1) is 10.9. The van der Waals surface area contributed by atoms with Crippen LogP contribution in [0, 0.1) is 5.92 Å². The van der Waals surface area contributed by atoms with Gasteiger partial charge in [-0.05, 0) is 13.3 Å². The number of carboxylic acids is 1. The fraction of sp³-hybridized carbons (Fsp3) is 0.750. The number of esters is 1. The summed E-state index contributed by atoms with van der Waals surface area (Å²) in [5, 5.41) is 8.60. The molecule has 1 unspecified atom stereocenters. The number of aliphatic carboxylic acids is 1. The van der Waals surface area contributed by atoms with E-state index in [-0.39, 0.29) is 6.61 Å². The third-order valence-corrected chi connectivity index (χ3v) is 1.45. The van der Waals surface area contributed by atoms with Gasteiger partial charge in [-0.1, -0.05) is 13.3 Å². The van der Waals surface area contributed by atoms with Crippen molar-refractivity contribution in [3.05, 3.63) is 0 Å². The third-order valence-electron chi connectivity index (χ3n) is 1.45. The van der Waals surface area contributed by atoms with Crippen molar-refractivity contribution in [3.8, 4) is 0 Å². The van der Waals surface area contributed by atoms with Crippen LogP contribution in [0.1, 0.15) is 26.7 Å². The quantitative estimate of drug-likeness (QED) is 0.499. The summed E-state index contributed by atoms with van der Waals surface area (Å²) < 4.78 is 4.60. The van der Waals surface area contributed by atoms with Crippen molar-refractivity contribution in [1.29, 1.82) is 0 Å². The number of hydrogen-bond donors (Lipinski definition) is 1. The zero-order chi connectivity index (χ0) is 9.56. The first-order valence-electron chi connectivity index (χ1n) is 4.02. The van der Waals surface area contributed by atoms with Crippen LogP contribution in [0.3, 0.4) is 0 Å². The minimum Gasteiger partial charge on any atom is -0.481 e. The Labute approximate surface area is 71.5 Å². The summed E-state index contributed by atoms with van der Waals surface area (Å²) in [6, 6.07) is 0. The van der Waals surface area contributed by atoms with Crippen molar-refractivity contribution < 1.29 is 19.4 Å². The number of carbonyl (C=O) groups is 2. The number of carbonyl (C=O) groups excluding carboxylic acids is 1. The molecule has 0 aliphatic carbocycles. The molecule has 1 atom stereocenters. The lowest BCUT2D eigenvalue weighted by Crippen LogP contribution is -2.25. The molecule has 0 aliphatic heterocycles. The van der Waals surface area contributed by atoms with Crippen LogP contribution in [-0.4, -0.2) is 23.7 Å². The highest BCUT2D eigenvalue weighted by molar-refractivity contribution is 5.93. The van der Waals surface area contributed by atoms with Gasteiger partial charge in [0, 0.05) is 0 Å². The van der Waals surface area contributed by atoms with Gasteiger partial charge in [0.05, 0.1) is 6.61 Å². The van der Waals surface area contributed by atoms with Crippen LogP contribution in [0.2, 0.25) is 0 Å². The topological polar surface area (TPSA) is 63.6 Å². The predicted octanol–water partition coefficient (Wildman–Crippen LogP) is 1.05. The van der Waals surface area contributed by atoms with E-state index in [9.17, 15) is 9.59 Å². The molecule has 0 aromatic carbocycles. The van der Waals surface area contributed by atoms with Crippen LogP contribution in [0.15, 0.2) is 0 Å². The van der Waals surface area contributed by atoms with Crippen LogP contribution < -0.4 is 0 Å². The Hall–Kier alpha value is -1.06. The van der Waals surface area contributed by atoms with Gasteiger partial charge in [0.15, 0.2) is 5.92 Å². The van der Waals surface area contributed by atoms with Crippen molar-refractivity contribution in [2.75, 3.05) is 6.61 Å². The van der Waals surface area contributed by atoms with Gasteiger partial charge in [-0.2, -0.15) is 0 Å². The molecular weight excluding hydrogens is 160 g/mol. The van der Waals surface area contributed by atoms with E-state index in [0.29, 0.717) is 12.8 Å². The van der Waals surface area contributed by atoms with Crippen LogP contribution in [-0.2, 0) is 14.3 Å². The van der Waals surface area contributed by atoms with Crippen LogP contribution in [0.4, 0.5) is 0 Å². The zero-order valence-electron chi connectivity index (χ0n) is 7.37. The Morgan fingerprint density at radius 3 is 2.33 bits per heavy atom. The molecule has 0 aromatic heterocycles. The summed E-state index contributed by atoms with van der Waals surface area (Å²) in [5.41, 5.74) is 0. The highest BCUT2D eigenvalue weighted by Crippen LogP contribution is 2.08. The lowest BCUT2D eigenvalue weighted by atomic mass is 10.0. The number of carboxylic acid groups (broad SMARTS) is 1. The molecule has 0 amide bonds. The second kappa shape index (κ2) is 5.57. The smallest absolute Gasteiger partial charge is 0.320 e. The Balaban J connectivity index is 4.09. The third kappa shape index (κ3) is 3.37. The van der Waals surface area contributed by atoms with E-state index in [1.54, 1.807) is 6.92 Å². The van der Waals surface area contributed by atoms with Crippen molar-refractivity contribution >= 4 is 11.9 Å². The number of hydrogen-bond acceptors (Lipinski definition) is 3. The monoisotopic (exact) mass is 174 g/mol. The first-order chi connectivity index (χ1) is 5.63. The molecule has 1 N–H and O–H groups in total. The van der Waals surface area contributed by atoms with Gasteiger partial charge in [-0.25, -0.2) is 0 Å². The van der Waals surface area contributed by atoms with Gasteiger partial charge >= 0.3 is 11.9 Å². The lowest BCUT2D eigenvalue weighted by Gasteiger charge is -2.08. The average molecular weight is 174 g/mol. The zero-order valence-corrected chi connectivity index (χ0v) is 7.37. The van der Waals surface area contributed by atoms with Crippen molar-refractivity contribution in [1.82, 2.24) is 0 Å². The second-order valence-corrected chi connectivity index (χ2v) is 2.43. The van der Waals surface area contributed by atoms with E-state index in [1.807, 2.05) is 6.92 Å². The maximum absolute atomic E-state index is 11.0. The van der Waals surface area contributed by atoms with Crippen LogP contribution in [0.5, 0.6) is 0 Å². The highest BCUT2D eigenvalue weighted by atomic mass is 16.5. The first-order valence-corrected chi connectivity index (χ1v) is 4.02. The molecule has 0 spiro atoms. The molecule has 0 saturated carbocycles. The molecule has 0 radical (unpaired) electrons. The Bertz CT molecular complexity index is 164. The van der Waals surface area contributed by atoms with Crippen LogP contribution >= 0.6 is 0 Å².